The van der Waals surface area contributed by atoms with Gasteiger partial charge in [-0.05, 0) is 22.0 Å². The van der Waals surface area contributed by atoms with E-state index in [1.807, 2.05) is 0 Å². The largest absolute Gasteiger partial charge is 0.298 e. The first-order valence-corrected chi connectivity index (χ1v) is 4.91. The number of aromatic nitrogens is 1. The molecule has 0 bridgehead atoms. The molecule has 1 rings (SSSR count). The second-order valence-electron chi connectivity index (χ2n) is 2.45. The number of pyridine rings is 1. The number of hydrogen-bond acceptors (Lipinski definition) is 2. The lowest BCUT2D eigenvalue weighted by Gasteiger charge is -2.06. The first kappa shape index (κ1) is 11.5. The van der Waals surface area contributed by atoms with Gasteiger partial charge in [0.05, 0.1) is 16.0 Å². The van der Waals surface area contributed by atoms with E-state index >= 15 is 0 Å². The molecule has 1 aromatic heterocycles. The molecule has 0 aromatic carbocycles. The van der Waals surface area contributed by atoms with Gasteiger partial charge in [-0.15, -0.1) is 11.6 Å². The highest BCUT2D eigenvalue weighted by atomic mass is 79.9. The van der Waals surface area contributed by atoms with Crippen LogP contribution in [0.2, 0.25) is 0 Å². The molecule has 1 aromatic rings. The smallest absolute Gasteiger partial charge is 0.280 e. The van der Waals surface area contributed by atoms with Gasteiger partial charge in [0.15, 0.2) is 6.29 Å². The Bertz CT molecular complexity index is 359. The first-order valence-electron chi connectivity index (χ1n) is 3.58. The number of carbonyl (C=O) groups excluding carboxylic acids is 1. The van der Waals surface area contributed by atoms with E-state index in [2.05, 4.69) is 20.9 Å². The normalized spacial score (nSPS) is 10.6. The van der Waals surface area contributed by atoms with Crippen molar-refractivity contribution in [1.29, 1.82) is 0 Å². The monoisotopic (exact) mass is 283 g/mol. The minimum atomic E-state index is -2.70. The van der Waals surface area contributed by atoms with Crippen molar-refractivity contribution in [3.63, 3.8) is 0 Å². The minimum Gasteiger partial charge on any atom is -0.298 e. The zero-order valence-electron chi connectivity index (χ0n) is 6.81. The molecule has 14 heavy (non-hydrogen) atoms. The molecule has 0 aliphatic rings. The summed E-state index contributed by atoms with van der Waals surface area (Å²) in [5.74, 6) is -0.0258. The van der Waals surface area contributed by atoms with Crippen molar-refractivity contribution in [2.45, 2.75) is 12.3 Å². The Balaban J connectivity index is 3.31. The summed E-state index contributed by atoms with van der Waals surface area (Å²) < 4.78 is 25.0. The summed E-state index contributed by atoms with van der Waals surface area (Å²) in [5.41, 5.74) is -0.0662. The average molecular weight is 284 g/mol. The van der Waals surface area contributed by atoms with Gasteiger partial charge in [-0.1, -0.05) is 0 Å². The Labute approximate surface area is 92.4 Å². The molecule has 0 radical (unpaired) electrons. The van der Waals surface area contributed by atoms with Crippen molar-refractivity contribution >= 4 is 33.8 Å². The van der Waals surface area contributed by atoms with E-state index < -0.39 is 12.1 Å². The molecule has 0 N–H and O–H groups in total. The standard InChI is InChI=1S/C8H5BrClF2NO/c9-7-4(3-14)1-5(8(11)12)13-6(7)2-10/h1,3,8H,2H2. The van der Waals surface area contributed by atoms with Gasteiger partial charge in [0, 0.05) is 5.56 Å². The number of aldehydes is 1. The quantitative estimate of drug-likeness (QED) is 0.629. The van der Waals surface area contributed by atoms with Crippen LogP contribution in [0, 0.1) is 0 Å². The van der Waals surface area contributed by atoms with Crippen LogP contribution in [0.25, 0.3) is 0 Å². The molecule has 0 saturated carbocycles. The topological polar surface area (TPSA) is 30.0 Å². The second kappa shape index (κ2) is 4.79. The maximum atomic E-state index is 12.3. The van der Waals surface area contributed by atoms with Gasteiger partial charge in [-0.25, -0.2) is 13.8 Å². The van der Waals surface area contributed by atoms with Crippen LogP contribution in [-0.4, -0.2) is 11.3 Å². The lowest BCUT2D eigenvalue weighted by Crippen LogP contribution is -1.99. The Morgan fingerprint density at radius 1 is 1.64 bits per heavy atom. The highest BCUT2D eigenvalue weighted by Crippen LogP contribution is 2.25. The van der Waals surface area contributed by atoms with Crippen LogP contribution in [0.3, 0.4) is 0 Å². The SMILES string of the molecule is O=Cc1cc(C(F)F)nc(CCl)c1Br. The first-order chi connectivity index (χ1) is 6.60. The van der Waals surface area contributed by atoms with Gasteiger partial charge in [-0.2, -0.15) is 0 Å². The van der Waals surface area contributed by atoms with E-state index in [4.69, 9.17) is 11.6 Å². The van der Waals surface area contributed by atoms with Crippen molar-refractivity contribution in [2.24, 2.45) is 0 Å². The molecule has 0 amide bonds. The maximum absolute atomic E-state index is 12.3. The van der Waals surface area contributed by atoms with Gasteiger partial charge < -0.3 is 0 Å². The molecule has 0 spiro atoms. The summed E-state index contributed by atoms with van der Waals surface area (Å²) in [7, 11) is 0. The molecular weight excluding hydrogens is 279 g/mol. The summed E-state index contributed by atoms with van der Waals surface area (Å²) in [6.45, 7) is 0. The molecule has 0 atom stereocenters. The van der Waals surface area contributed by atoms with Gasteiger partial charge in [-0.3, -0.25) is 4.79 Å². The van der Waals surface area contributed by atoms with Crippen molar-refractivity contribution in [1.82, 2.24) is 4.98 Å². The van der Waals surface area contributed by atoms with Crippen LogP contribution < -0.4 is 0 Å². The van der Waals surface area contributed by atoms with Crippen molar-refractivity contribution in [2.75, 3.05) is 0 Å². The molecule has 6 heteroatoms. The Morgan fingerprint density at radius 3 is 2.71 bits per heavy atom. The fraction of sp³-hybridized carbons (Fsp3) is 0.250. The molecule has 0 unspecified atom stereocenters. The summed E-state index contributed by atoms with van der Waals surface area (Å²) >= 11 is 8.55. The molecule has 76 valence electrons. The van der Waals surface area contributed by atoms with Crippen molar-refractivity contribution < 1.29 is 13.6 Å². The minimum absolute atomic E-state index is 0.0258. The van der Waals surface area contributed by atoms with Crippen molar-refractivity contribution in [3.05, 3.63) is 27.5 Å². The van der Waals surface area contributed by atoms with Crippen LogP contribution in [-0.2, 0) is 5.88 Å². The second-order valence-corrected chi connectivity index (χ2v) is 3.51. The molecule has 0 fully saturated rings. The Hall–Kier alpha value is -0.550. The zero-order chi connectivity index (χ0) is 10.7. The lowest BCUT2D eigenvalue weighted by molar-refractivity contribution is 0.112. The Kier molecular flexibility index (Phi) is 3.95. The van der Waals surface area contributed by atoms with E-state index in [1.165, 1.54) is 0 Å². The third-order valence-electron chi connectivity index (χ3n) is 1.55. The number of rotatable bonds is 3. The third kappa shape index (κ3) is 2.27. The lowest BCUT2D eigenvalue weighted by atomic mass is 10.2. The van der Waals surface area contributed by atoms with Crippen LogP contribution in [0.15, 0.2) is 10.5 Å². The number of carbonyl (C=O) groups is 1. The highest BCUT2D eigenvalue weighted by Gasteiger charge is 2.15. The van der Waals surface area contributed by atoms with Gasteiger partial charge >= 0.3 is 0 Å². The van der Waals surface area contributed by atoms with Crippen molar-refractivity contribution in [3.8, 4) is 0 Å². The van der Waals surface area contributed by atoms with Crippen LogP contribution in [0.5, 0.6) is 0 Å². The molecule has 2 nitrogen and oxygen atoms in total. The molecule has 1 heterocycles. The number of halogens is 4. The summed E-state index contributed by atoms with van der Waals surface area (Å²) in [5, 5.41) is 0. The third-order valence-corrected chi connectivity index (χ3v) is 2.72. The number of hydrogen-bond donors (Lipinski definition) is 0. The highest BCUT2D eigenvalue weighted by molar-refractivity contribution is 9.10. The van der Waals surface area contributed by atoms with Crippen LogP contribution >= 0.6 is 27.5 Å². The molecule has 0 aliphatic heterocycles. The Morgan fingerprint density at radius 2 is 2.29 bits per heavy atom. The van der Waals surface area contributed by atoms with Gasteiger partial charge in [0.25, 0.3) is 6.43 Å². The predicted octanol–water partition coefficient (Wildman–Crippen LogP) is 3.33. The van der Waals surface area contributed by atoms with E-state index in [-0.39, 0.29) is 17.1 Å². The molecular formula is C8H5BrClF2NO. The molecule has 0 saturated heterocycles. The summed E-state index contributed by atoms with van der Waals surface area (Å²) in [6.07, 6.45) is -2.22. The zero-order valence-corrected chi connectivity index (χ0v) is 9.15. The summed E-state index contributed by atoms with van der Waals surface area (Å²) in [4.78, 5) is 14.1. The molecule has 0 aliphatic carbocycles. The van der Waals surface area contributed by atoms with Gasteiger partial charge in [0.1, 0.15) is 5.69 Å². The van der Waals surface area contributed by atoms with Crippen LogP contribution in [0.4, 0.5) is 8.78 Å². The van der Waals surface area contributed by atoms with E-state index in [1.54, 1.807) is 0 Å². The summed E-state index contributed by atoms with van der Waals surface area (Å²) in [6, 6.07) is 1.04. The van der Waals surface area contributed by atoms with E-state index in [0.717, 1.165) is 6.07 Å². The average Bonchev–Trinajstić information content (AvgIpc) is 2.17. The fourth-order valence-corrected chi connectivity index (χ4v) is 1.70. The number of alkyl halides is 3. The van der Waals surface area contributed by atoms with Gasteiger partial charge in [0.2, 0.25) is 0 Å². The maximum Gasteiger partial charge on any atom is 0.280 e. The van der Waals surface area contributed by atoms with E-state index in [9.17, 15) is 13.6 Å². The van der Waals surface area contributed by atoms with Crippen LogP contribution in [0.1, 0.15) is 28.2 Å². The van der Waals surface area contributed by atoms with E-state index in [0.29, 0.717) is 10.8 Å². The predicted molar refractivity (Wildman–Crippen MR) is 51.8 cm³/mol. The number of nitrogens with zero attached hydrogens (tertiary/aromatic N) is 1. The fourth-order valence-electron chi connectivity index (χ4n) is 0.913.